The van der Waals surface area contributed by atoms with Gasteiger partial charge in [0.25, 0.3) is 5.91 Å². The van der Waals surface area contributed by atoms with Crippen molar-refractivity contribution in [2.75, 3.05) is 18.0 Å². The van der Waals surface area contributed by atoms with Crippen LogP contribution in [0.3, 0.4) is 0 Å². The lowest BCUT2D eigenvalue weighted by atomic mass is 10.1. The Morgan fingerprint density at radius 3 is 2.15 bits per heavy atom. The van der Waals surface area contributed by atoms with Gasteiger partial charge >= 0.3 is 0 Å². The zero-order chi connectivity index (χ0) is 19.1. The van der Waals surface area contributed by atoms with Crippen molar-refractivity contribution in [1.82, 2.24) is 9.88 Å². The average Bonchev–Trinajstić information content (AvgIpc) is 2.74. The van der Waals surface area contributed by atoms with E-state index in [2.05, 4.69) is 34.1 Å². The highest BCUT2D eigenvalue weighted by Gasteiger charge is 2.16. The third-order valence-corrected chi connectivity index (χ3v) is 4.57. The summed E-state index contributed by atoms with van der Waals surface area (Å²) in [5.41, 5.74) is 2.89. The van der Waals surface area contributed by atoms with E-state index in [0.29, 0.717) is 25.2 Å². The standard InChI is InChI=1S/C23H25N3O/c1-3-25(4-2)23(27)20-15-16-24-22(17-20)26(21-13-9-6-10-14-21)18-19-11-7-5-8-12-19/h5-17H,3-4,18H2,1-2H3. The second-order valence-corrected chi connectivity index (χ2v) is 6.29. The summed E-state index contributed by atoms with van der Waals surface area (Å²) in [6.07, 6.45) is 1.72. The summed E-state index contributed by atoms with van der Waals surface area (Å²) in [6, 6.07) is 24.1. The van der Waals surface area contributed by atoms with Crippen molar-refractivity contribution in [3.63, 3.8) is 0 Å². The maximum Gasteiger partial charge on any atom is 0.254 e. The van der Waals surface area contributed by atoms with E-state index in [0.717, 1.165) is 11.5 Å². The summed E-state index contributed by atoms with van der Waals surface area (Å²) in [6.45, 7) is 6.06. The fraction of sp³-hybridized carbons (Fsp3) is 0.217. The summed E-state index contributed by atoms with van der Waals surface area (Å²) in [4.78, 5) is 21.3. The molecule has 0 radical (unpaired) electrons. The number of hydrogen-bond donors (Lipinski definition) is 0. The molecule has 0 fully saturated rings. The molecule has 1 aromatic heterocycles. The van der Waals surface area contributed by atoms with Gasteiger partial charge < -0.3 is 9.80 Å². The Morgan fingerprint density at radius 2 is 1.52 bits per heavy atom. The van der Waals surface area contributed by atoms with Gasteiger partial charge in [-0.15, -0.1) is 0 Å². The normalized spacial score (nSPS) is 10.4. The summed E-state index contributed by atoms with van der Waals surface area (Å²) in [7, 11) is 0. The number of carbonyl (C=O) groups excluding carboxylic acids is 1. The second kappa shape index (κ2) is 8.99. The van der Waals surface area contributed by atoms with Crippen molar-refractivity contribution in [3.8, 4) is 0 Å². The van der Waals surface area contributed by atoms with Crippen molar-refractivity contribution in [2.45, 2.75) is 20.4 Å². The Labute approximate surface area is 161 Å². The summed E-state index contributed by atoms with van der Waals surface area (Å²) >= 11 is 0. The number of anilines is 2. The average molecular weight is 359 g/mol. The van der Waals surface area contributed by atoms with E-state index in [4.69, 9.17) is 0 Å². The number of benzene rings is 2. The van der Waals surface area contributed by atoms with Crippen LogP contribution in [0, 0.1) is 0 Å². The molecule has 4 nitrogen and oxygen atoms in total. The van der Waals surface area contributed by atoms with E-state index in [1.54, 1.807) is 12.3 Å². The zero-order valence-corrected chi connectivity index (χ0v) is 15.9. The van der Waals surface area contributed by atoms with E-state index in [1.807, 2.05) is 61.2 Å². The van der Waals surface area contributed by atoms with E-state index in [1.165, 1.54) is 5.56 Å². The predicted molar refractivity (Wildman–Crippen MR) is 110 cm³/mol. The van der Waals surface area contributed by atoms with Crippen LogP contribution < -0.4 is 4.90 Å². The summed E-state index contributed by atoms with van der Waals surface area (Å²) < 4.78 is 0. The van der Waals surface area contributed by atoms with E-state index >= 15 is 0 Å². The zero-order valence-electron chi connectivity index (χ0n) is 15.9. The lowest BCUT2D eigenvalue weighted by Gasteiger charge is -2.25. The van der Waals surface area contributed by atoms with E-state index < -0.39 is 0 Å². The number of pyridine rings is 1. The minimum atomic E-state index is 0.0383. The largest absolute Gasteiger partial charge is 0.339 e. The molecular weight excluding hydrogens is 334 g/mol. The molecule has 0 bridgehead atoms. The smallest absolute Gasteiger partial charge is 0.254 e. The van der Waals surface area contributed by atoms with Gasteiger partial charge in [0.05, 0.1) is 0 Å². The van der Waals surface area contributed by atoms with Crippen LogP contribution in [0.1, 0.15) is 29.8 Å². The second-order valence-electron chi connectivity index (χ2n) is 6.29. The topological polar surface area (TPSA) is 36.4 Å². The molecule has 0 N–H and O–H groups in total. The van der Waals surface area contributed by atoms with Crippen LogP contribution in [0.2, 0.25) is 0 Å². The molecule has 3 rings (SSSR count). The first-order valence-corrected chi connectivity index (χ1v) is 9.34. The molecule has 0 saturated heterocycles. The lowest BCUT2D eigenvalue weighted by Crippen LogP contribution is -2.30. The molecule has 0 saturated carbocycles. The van der Waals surface area contributed by atoms with Crippen LogP contribution in [0.4, 0.5) is 11.5 Å². The number of amides is 1. The van der Waals surface area contributed by atoms with Gasteiger partial charge in [-0.05, 0) is 43.7 Å². The van der Waals surface area contributed by atoms with Gasteiger partial charge in [0.15, 0.2) is 0 Å². The van der Waals surface area contributed by atoms with Crippen LogP contribution in [0.25, 0.3) is 0 Å². The lowest BCUT2D eigenvalue weighted by molar-refractivity contribution is 0.0773. The molecule has 3 aromatic rings. The third-order valence-electron chi connectivity index (χ3n) is 4.57. The summed E-state index contributed by atoms with van der Waals surface area (Å²) in [5.74, 6) is 0.805. The first-order valence-electron chi connectivity index (χ1n) is 9.34. The molecular formula is C23H25N3O. The van der Waals surface area contributed by atoms with Crippen molar-refractivity contribution in [3.05, 3.63) is 90.1 Å². The molecule has 2 aromatic carbocycles. The molecule has 1 heterocycles. The maximum atomic E-state index is 12.8. The molecule has 4 heteroatoms. The molecule has 138 valence electrons. The molecule has 0 spiro atoms. The minimum absolute atomic E-state index is 0.0383. The molecule has 0 unspecified atom stereocenters. The molecule has 0 aliphatic heterocycles. The number of aromatic nitrogens is 1. The number of rotatable bonds is 7. The van der Waals surface area contributed by atoms with Gasteiger partial charge in [0.1, 0.15) is 5.82 Å². The fourth-order valence-corrected chi connectivity index (χ4v) is 3.07. The van der Waals surface area contributed by atoms with Crippen LogP contribution >= 0.6 is 0 Å². The number of para-hydroxylation sites is 1. The van der Waals surface area contributed by atoms with Gasteiger partial charge in [0.2, 0.25) is 0 Å². The van der Waals surface area contributed by atoms with Crippen molar-refractivity contribution < 1.29 is 4.79 Å². The highest BCUT2D eigenvalue weighted by molar-refractivity contribution is 5.95. The van der Waals surface area contributed by atoms with Crippen molar-refractivity contribution in [1.29, 1.82) is 0 Å². The maximum absolute atomic E-state index is 12.8. The first-order chi connectivity index (χ1) is 13.2. The minimum Gasteiger partial charge on any atom is -0.339 e. The summed E-state index contributed by atoms with van der Waals surface area (Å²) in [5, 5.41) is 0. The van der Waals surface area contributed by atoms with Crippen LogP contribution in [0.15, 0.2) is 79.0 Å². The van der Waals surface area contributed by atoms with Gasteiger partial charge in [0, 0.05) is 37.1 Å². The Balaban J connectivity index is 1.97. The van der Waals surface area contributed by atoms with Gasteiger partial charge in [-0.25, -0.2) is 4.98 Å². The molecule has 1 amide bonds. The molecule has 27 heavy (non-hydrogen) atoms. The van der Waals surface area contributed by atoms with E-state index in [9.17, 15) is 4.79 Å². The van der Waals surface area contributed by atoms with Crippen LogP contribution in [-0.4, -0.2) is 28.9 Å². The van der Waals surface area contributed by atoms with Gasteiger partial charge in [-0.3, -0.25) is 4.79 Å². The Hall–Kier alpha value is -3.14. The van der Waals surface area contributed by atoms with Gasteiger partial charge in [-0.2, -0.15) is 0 Å². The quantitative estimate of drug-likeness (QED) is 0.602. The fourth-order valence-electron chi connectivity index (χ4n) is 3.07. The predicted octanol–water partition coefficient (Wildman–Crippen LogP) is 4.90. The Bertz CT molecular complexity index is 861. The van der Waals surface area contributed by atoms with Crippen LogP contribution in [0.5, 0.6) is 0 Å². The SMILES string of the molecule is CCN(CC)C(=O)c1ccnc(N(Cc2ccccc2)c2ccccc2)c1. The van der Waals surface area contributed by atoms with Crippen LogP contribution in [-0.2, 0) is 6.54 Å². The molecule has 0 aliphatic carbocycles. The van der Waals surface area contributed by atoms with Crippen molar-refractivity contribution in [2.24, 2.45) is 0 Å². The molecule has 0 atom stereocenters. The first kappa shape index (κ1) is 18.6. The third kappa shape index (κ3) is 4.53. The van der Waals surface area contributed by atoms with E-state index in [-0.39, 0.29) is 5.91 Å². The Kier molecular flexibility index (Phi) is 6.21. The highest BCUT2D eigenvalue weighted by atomic mass is 16.2. The molecule has 0 aliphatic rings. The number of nitrogens with zero attached hydrogens (tertiary/aromatic N) is 3. The monoisotopic (exact) mass is 359 g/mol. The number of carbonyl (C=O) groups is 1. The van der Waals surface area contributed by atoms with Crippen molar-refractivity contribution >= 4 is 17.4 Å². The number of hydrogen-bond acceptors (Lipinski definition) is 3. The highest BCUT2D eigenvalue weighted by Crippen LogP contribution is 2.26. The Morgan fingerprint density at radius 1 is 0.889 bits per heavy atom. The van der Waals surface area contributed by atoms with Gasteiger partial charge in [-0.1, -0.05) is 48.5 Å².